The summed E-state index contributed by atoms with van der Waals surface area (Å²) in [5, 5.41) is 0.245. The van der Waals surface area contributed by atoms with Crippen LogP contribution in [0.1, 0.15) is 13.3 Å². The van der Waals surface area contributed by atoms with E-state index in [0.29, 0.717) is 5.69 Å². The van der Waals surface area contributed by atoms with E-state index in [0.717, 1.165) is 12.2 Å². The maximum Gasteiger partial charge on any atom is 0.240 e. The van der Waals surface area contributed by atoms with Gasteiger partial charge in [-0.15, -0.1) is 0 Å². The van der Waals surface area contributed by atoms with Crippen molar-refractivity contribution in [2.45, 2.75) is 24.3 Å². The number of nitrogens with two attached hydrogens (primary N) is 1. The molecule has 0 aliphatic carbocycles. The van der Waals surface area contributed by atoms with Gasteiger partial charge in [0.05, 0.1) is 15.6 Å². The zero-order chi connectivity index (χ0) is 13.8. The number of sulfonamides is 1. The molecular formula is C11H17ClN2O2S2. The van der Waals surface area contributed by atoms with Gasteiger partial charge in [-0.2, -0.15) is 11.8 Å². The molecule has 1 rings (SSSR count). The molecule has 18 heavy (non-hydrogen) atoms. The summed E-state index contributed by atoms with van der Waals surface area (Å²) in [5.74, 6) is 0.909. The highest BCUT2D eigenvalue weighted by molar-refractivity contribution is 7.98. The van der Waals surface area contributed by atoms with Gasteiger partial charge in [0.2, 0.25) is 10.0 Å². The smallest absolute Gasteiger partial charge is 0.240 e. The Hall–Kier alpha value is -0.430. The Labute approximate surface area is 117 Å². The van der Waals surface area contributed by atoms with Crippen molar-refractivity contribution < 1.29 is 8.42 Å². The molecule has 0 amide bonds. The van der Waals surface area contributed by atoms with E-state index >= 15 is 0 Å². The van der Waals surface area contributed by atoms with Crippen molar-refractivity contribution in [1.82, 2.24) is 4.72 Å². The molecule has 0 saturated carbocycles. The molecule has 0 spiro atoms. The molecule has 1 unspecified atom stereocenters. The first-order chi connectivity index (χ1) is 8.36. The lowest BCUT2D eigenvalue weighted by atomic mass is 10.3. The minimum atomic E-state index is -3.53. The fourth-order valence-electron chi connectivity index (χ4n) is 1.36. The van der Waals surface area contributed by atoms with Gasteiger partial charge in [-0.3, -0.25) is 0 Å². The topological polar surface area (TPSA) is 72.2 Å². The Morgan fingerprint density at radius 3 is 2.72 bits per heavy atom. The second-order valence-electron chi connectivity index (χ2n) is 3.99. The SMILES string of the molecule is CSCCC(C)NS(=O)(=O)c1ccc(N)c(Cl)c1. The summed E-state index contributed by atoms with van der Waals surface area (Å²) in [5.41, 5.74) is 5.92. The number of hydrogen-bond donors (Lipinski definition) is 2. The predicted molar refractivity (Wildman–Crippen MR) is 78.6 cm³/mol. The number of anilines is 1. The average molecular weight is 309 g/mol. The molecule has 4 nitrogen and oxygen atoms in total. The number of thioether (sulfide) groups is 1. The monoisotopic (exact) mass is 308 g/mol. The van der Waals surface area contributed by atoms with Crippen LogP contribution in [-0.4, -0.2) is 26.5 Å². The van der Waals surface area contributed by atoms with E-state index in [9.17, 15) is 8.42 Å². The van der Waals surface area contributed by atoms with Crippen LogP contribution >= 0.6 is 23.4 Å². The molecule has 0 radical (unpaired) electrons. The molecule has 0 fully saturated rings. The van der Waals surface area contributed by atoms with Crippen molar-refractivity contribution in [3.05, 3.63) is 23.2 Å². The Bertz CT molecular complexity index is 506. The molecule has 0 aliphatic heterocycles. The van der Waals surface area contributed by atoms with Gasteiger partial charge < -0.3 is 5.73 Å². The van der Waals surface area contributed by atoms with Crippen LogP contribution in [0.2, 0.25) is 5.02 Å². The molecule has 0 heterocycles. The van der Waals surface area contributed by atoms with Crippen molar-refractivity contribution in [2.75, 3.05) is 17.7 Å². The van der Waals surface area contributed by atoms with Crippen LogP contribution in [0.15, 0.2) is 23.1 Å². The maximum atomic E-state index is 12.1. The van der Waals surface area contributed by atoms with E-state index in [-0.39, 0.29) is 16.0 Å². The Kier molecular flexibility index (Phi) is 5.78. The minimum absolute atomic E-state index is 0.112. The summed E-state index contributed by atoms with van der Waals surface area (Å²) >= 11 is 7.50. The number of benzene rings is 1. The van der Waals surface area contributed by atoms with Gasteiger partial charge in [-0.1, -0.05) is 11.6 Å². The predicted octanol–water partition coefficient (Wildman–Crippen LogP) is 2.34. The molecular weight excluding hydrogens is 292 g/mol. The third kappa shape index (κ3) is 4.35. The number of nitrogens with one attached hydrogen (secondary N) is 1. The summed E-state index contributed by atoms with van der Waals surface area (Å²) in [7, 11) is -3.53. The quantitative estimate of drug-likeness (QED) is 0.791. The standard InChI is InChI=1S/C11H17ClN2O2S2/c1-8(5-6-17-2)14-18(15,16)9-3-4-11(13)10(12)7-9/h3-4,7-8,14H,5-6,13H2,1-2H3. The minimum Gasteiger partial charge on any atom is -0.398 e. The first-order valence-corrected chi connectivity index (χ1v) is 8.68. The number of nitrogen functional groups attached to an aromatic ring is 1. The van der Waals surface area contributed by atoms with Crippen molar-refractivity contribution in [2.24, 2.45) is 0 Å². The van der Waals surface area contributed by atoms with Crippen molar-refractivity contribution in [1.29, 1.82) is 0 Å². The molecule has 0 aromatic heterocycles. The lowest BCUT2D eigenvalue weighted by molar-refractivity contribution is 0.557. The molecule has 1 atom stereocenters. The fourth-order valence-corrected chi connectivity index (χ4v) is 3.50. The fraction of sp³-hybridized carbons (Fsp3) is 0.455. The largest absolute Gasteiger partial charge is 0.398 e. The van der Waals surface area contributed by atoms with E-state index in [4.69, 9.17) is 17.3 Å². The summed E-state index contributed by atoms with van der Waals surface area (Å²) in [6, 6.07) is 4.19. The van der Waals surface area contributed by atoms with Crippen LogP contribution in [-0.2, 0) is 10.0 Å². The van der Waals surface area contributed by atoms with E-state index < -0.39 is 10.0 Å². The van der Waals surface area contributed by atoms with Crippen molar-refractivity contribution in [3.8, 4) is 0 Å². The van der Waals surface area contributed by atoms with E-state index in [2.05, 4.69) is 4.72 Å². The zero-order valence-corrected chi connectivity index (χ0v) is 12.7. The first-order valence-electron chi connectivity index (χ1n) is 5.43. The van der Waals surface area contributed by atoms with Crippen LogP contribution in [0.4, 0.5) is 5.69 Å². The second-order valence-corrected chi connectivity index (χ2v) is 7.09. The van der Waals surface area contributed by atoms with Crippen LogP contribution in [0, 0.1) is 0 Å². The molecule has 7 heteroatoms. The lowest BCUT2D eigenvalue weighted by Gasteiger charge is -2.14. The van der Waals surface area contributed by atoms with Crippen LogP contribution in [0.3, 0.4) is 0 Å². The highest BCUT2D eigenvalue weighted by atomic mass is 35.5. The van der Waals surface area contributed by atoms with E-state index in [1.807, 2.05) is 13.2 Å². The average Bonchev–Trinajstić information content (AvgIpc) is 2.29. The number of hydrogen-bond acceptors (Lipinski definition) is 4. The van der Waals surface area contributed by atoms with Gasteiger partial charge in [-0.05, 0) is 43.6 Å². The summed E-state index contributed by atoms with van der Waals surface area (Å²) in [6.45, 7) is 1.84. The molecule has 1 aromatic carbocycles. The Balaban J connectivity index is 2.83. The van der Waals surface area contributed by atoms with Crippen molar-refractivity contribution in [3.63, 3.8) is 0 Å². The molecule has 0 saturated heterocycles. The van der Waals surface area contributed by atoms with Gasteiger partial charge in [0.1, 0.15) is 0 Å². The maximum absolute atomic E-state index is 12.1. The molecule has 0 aliphatic rings. The van der Waals surface area contributed by atoms with Crippen molar-refractivity contribution >= 4 is 39.1 Å². The van der Waals surface area contributed by atoms with Gasteiger partial charge >= 0.3 is 0 Å². The highest BCUT2D eigenvalue weighted by Crippen LogP contribution is 2.22. The summed E-state index contributed by atoms with van der Waals surface area (Å²) in [6.07, 6.45) is 2.77. The third-order valence-electron chi connectivity index (χ3n) is 2.39. The Morgan fingerprint density at radius 1 is 1.50 bits per heavy atom. The highest BCUT2D eigenvalue weighted by Gasteiger charge is 2.17. The summed E-state index contributed by atoms with van der Waals surface area (Å²) in [4.78, 5) is 0.137. The third-order valence-corrected chi connectivity index (χ3v) is 4.95. The van der Waals surface area contributed by atoms with Gasteiger partial charge in [0.15, 0.2) is 0 Å². The number of halogens is 1. The van der Waals surface area contributed by atoms with E-state index in [1.165, 1.54) is 18.2 Å². The first kappa shape index (κ1) is 15.6. The Morgan fingerprint density at radius 2 is 2.17 bits per heavy atom. The number of rotatable bonds is 6. The second kappa shape index (κ2) is 6.65. The van der Waals surface area contributed by atoms with Crippen LogP contribution < -0.4 is 10.5 Å². The molecule has 102 valence electrons. The zero-order valence-electron chi connectivity index (χ0n) is 10.3. The lowest BCUT2D eigenvalue weighted by Crippen LogP contribution is -2.33. The molecule has 3 N–H and O–H groups in total. The molecule has 0 bridgehead atoms. The van der Waals surface area contributed by atoms with E-state index in [1.54, 1.807) is 11.8 Å². The molecule has 1 aromatic rings. The van der Waals surface area contributed by atoms with Crippen LogP contribution in [0.5, 0.6) is 0 Å². The van der Waals surface area contributed by atoms with Gasteiger partial charge in [-0.25, -0.2) is 13.1 Å². The normalized spacial score (nSPS) is 13.5. The summed E-state index contributed by atoms with van der Waals surface area (Å²) < 4.78 is 26.7. The van der Waals surface area contributed by atoms with Gasteiger partial charge in [0.25, 0.3) is 0 Å². The van der Waals surface area contributed by atoms with Gasteiger partial charge in [0, 0.05) is 6.04 Å². The van der Waals surface area contributed by atoms with Crippen LogP contribution in [0.25, 0.3) is 0 Å².